The Morgan fingerprint density at radius 2 is 1.70 bits per heavy atom. The molecule has 204 valence electrons. The number of carbonyl (C=O) groups is 1. The molecule has 8 heteroatoms. The van der Waals surface area contributed by atoms with Gasteiger partial charge in [-0.1, -0.05) is 36.6 Å². The lowest BCUT2D eigenvalue weighted by Crippen LogP contribution is -2.20. The average molecular weight is 534 g/mol. The Bertz CT molecular complexity index is 1060. The molecule has 1 heterocycles. The summed E-state index contributed by atoms with van der Waals surface area (Å²) in [6, 6.07) is 13.0. The minimum atomic E-state index is -0.218. The molecule has 0 spiro atoms. The van der Waals surface area contributed by atoms with E-state index >= 15 is 0 Å². The van der Waals surface area contributed by atoms with Crippen LogP contribution in [0.3, 0.4) is 0 Å². The van der Waals surface area contributed by atoms with E-state index < -0.39 is 0 Å². The van der Waals surface area contributed by atoms with E-state index in [1.165, 1.54) is 6.42 Å². The van der Waals surface area contributed by atoms with Crippen LogP contribution in [0.2, 0.25) is 5.02 Å². The van der Waals surface area contributed by atoms with Gasteiger partial charge in [0.2, 0.25) is 6.41 Å². The van der Waals surface area contributed by atoms with Crippen LogP contribution in [-0.4, -0.2) is 42.9 Å². The maximum absolute atomic E-state index is 14.3. The molecule has 3 N–H and O–H groups in total. The highest BCUT2D eigenvalue weighted by molar-refractivity contribution is 6.30. The number of unbranched alkanes of at least 4 members (excludes halogenated alkanes) is 3. The van der Waals surface area contributed by atoms with Crippen LogP contribution in [-0.2, 0) is 27.4 Å². The van der Waals surface area contributed by atoms with Gasteiger partial charge in [-0.15, -0.1) is 0 Å². The standard InChI is InChI=1S/C28H38ClFN2O2.CH3NO/c1-28(2,3)34-16-7-5-4-6-15-33-17-13-31-20-23-18-25(30)19-27-26(23)12-14-32(27)21-22-8-10-24(29)11-9-22;2-1-3/h8-12,14,18-19,31H,4-7,13,15-17,20-21H2,1-3H3;1H,(H2,2,3). The van der Waals surface area contributed by atoms with Crippen LogP contribution in [0.1, 0.15) is 57.6 Å². The minimum Gasteiger partial charge on any atom is -0.380 e. The van der Waals surface area contributed by atoms with Gasteiger partial charge in [0.1, 0.15) is 5.82 Å². The molecule has 0 radical (unpaired) electrons. The van der Waals surface area contributed by atoms with E-state index in [0.717, 1.165) is 61.1 Å². The van der Waals surface area contributed by atoms with Crippen molar-refractivity contribution in [3.8, 4) is 0 Å². The third-order valence-corrected chi connectivity index (χ3v) is 5.91. The van der Waals surface area contributed by atoms with Crippen molar-refractivity contribution in [2.24, 2.45) is 5.73 Å². The second kappa shape index (κ2) is 16.4. The predicted molar refractivity (Wildman–Crippen MR) is 149 cm³/mol. The Labute approximate surface area is 225 Å². The summed E-state index contributed by atoms with van der Waals surface area (Å²) in [6.45, 7) is 10.5. The van der Waals surface area contributed by atoms with E-state index in [4.69, 9.17) is 25.9 Å². The predicted octanol–water partition coefficient (Wildman–Crippen LogP) is 6.07. The average Bonchev–Trinajstić information content (AvgIpc) is 3.23. The normalized spacial score (nSPS) is 11.4. The fourth-order valence-corrected chi connectivity index (χ4v) is 4.04. The Hall–Kier alpha value is -2.45. The van der Waals surface area contributed by atoms with Gasteiger partial charge in [-0.05, 0) is 75.1 Å². The lowest BCUT2D eigenvalue weighted by atomic mass is 10.1. The zero-order valence-electron chi connectivity index (χ0n) is 22.3. The van der Waals surface area contributed by atoms with E-state index in [2.05, 4.69) is 42.5 Å². The summed E-state index contributed by atoms with van der Waals surface area (Å²) in [5, 5.41) is 5.17. The number of benzene rings is 2. The van der Waals surface area contributed by atoms with Crippen molar-refractivity contribution in [2.45, 2.75) is 65.1 Å². The number of carbonyl (C=O) groups excluding carboxylic acids is 1. The Balaban J connectivity index is 0.00000153. The van der Waals surface area contributed by atoms with Crippen LogP contribution in [0, 0.1) is 5.82 Å². The fourth-order valence-electron chi connectivity index (χ4n) is 3.91. The number of amides is 1. The molecule has 6 nitrogen and oxygen atoms in total. The highest BCUT2D eigenvalue weighted by Gasteiger charge is 2.10. The first-order chi connectivity index (χ1) is 17.7. The van der Waals surface area contributed by atoms with Crippen molar-refractivity contribution in [3.63, 3.8) is 0 Å². The van der Waals surface area contributed by atoms with Crippen molar-refractivity contribution in [1.82, 2.24) is 9.88 Å². The number of rotatable bonds is 14. The molecule has 2 aromatic carbocycles. The van der Waals surface area contributed by atoms with Gasteiger partial charge in [0, 0.05) is 49.5 Å². The second-order valence-electron chi connectivity index (χ2n) is 9.87. The summed E-state index contributed by atoms with van der Waals surface area (Å²) in [5.74, 6) is -0.218. The van der Waals surface area contributed by atoms with Gasteiger partial charge in [0.05, 0.1) is 17.7 Å². The van der Waals surface area contributed by atoms with Crippen LogP contribution >= 0.6 is 11.6 Å². The fraction of sp³-hybridized carbons (Fsp3) is 0.483. The first-order valence-corrected chi connectivity index (χ1v) is 13.2. The van der Waals surface area contributed by atoms with Crippen LogP contribution in [0.5, 0.6) is 0 Å². The van der Waals surface area contributed by atoms with E-state index in [1.54, 1.807) is 12.1 Å². The summed E-state index contributed by atoms with van der Waals surface area (Å²) in [7, 11) is 0. The number of fused-ring (bicyclic) bond motifs is 1. The summed E-state index contributed by atoms with van der Waals surface area (Å²) in [5.41, 5.74) is 7.11. The van der Waals surface area contributed by atoms with E-state index in [-0.39, 0.29) is 17.8 Å². The van der Waals surface area contributed by atoms with Crippen molar-refractivity contribution in [2.75, 3.05) is 26.4 Å². The maximum Gasteiger partial charge on any atom is 0.204 e. The Morgan fingerprint density at radius 1 is 1.03 bits per heavy atom. The minimum absolute atomic E-state index is 0.0468. The molecule has 0 saturated heterocycles. The van der Waals surface area contributed by atoms with E-state index in [0.29, 0.717) is 24.7 Å². The van der Waals surface area contributed by atoms with E-state index in [1.807, 2.05) is 30.5 Å². The number of aromatic nitrogens is 1. The lowest BCUT2D eigenvalue weighted by Gasteiger charge is -2.19. The summed E-state index contributed by atoms with van der Waals surface area (Å²) < 4.78 is 27.9. The monoisotopic (exact) mass is 533 g/mol. The molecule has 37 heavy (non-hydrogen) atoms. The van der Waals surface area contributed by atoms with Gasteiger partial charge < -0.3 is 25.1 Å². The largest absolute Gasteiger partial charge is 0.380 e. The maximum atomic E-state index is 14.3. The third-order valence-electron chi connectivity index (χ3n) is 5.66. The summed E-state index contributed by atoms with van der Waals surface area (Å²) in [4.78, 5) is 8.58. The molecular weight excluding hydrogens is 493 g/mol. The molecule has 0 unspecified atom stereocenters. The molecule has 0 aliphatic rings. The van der Waals surface area contributed by atoms with Crippen molar-refractivity contribution in [1.29, 1.82) is 0 Å². The summed E-state index contributed by atoms with van der Waals surface area (Å²) in [6.07, 6.45) is 6.77. The first-order valence-electron chi connectivity index (χ1n) is 12.8. The number of ether oxygens (including phenoxy) is 2. The SMILES string of the molecule is CC(C)(C)OCCCCCCOCCNCc1cc(F)cc2c1ccn2Cc1ccc(Cl)cc1.NC=O. The third kappa shape index (κ3) is 12.1. The number of primary amides is 1. The molecule has 1 amide bonds. The molecule has 0 atom stereocenters. The zero-order valence-corrected chi connectivity index (χ0v) is 23.0. The molecule has 1 aromatic heterocycles. The van der Waals surface area contributed by atoms with E-state index in [9.17, 15) is 4.39 Å². The molecule has 0 saturated carbocycles. The Morgan fingerprint density at radius 3 is 2.38 bits per heavy atom. The number of nitrogens with two attached hydrogens (primary N) is 1. The van der Waals surface area contributed by atoms with Crippen LogP contribution in [0.25, 0.3) is 10.9 Å². The molecule has 0 aliphatic heterocycles. The topological polar surface area (TPSA) is 78.5 Å². The quantitative estimate of drug-likeness (QED) is 0.195. The molecular formula is C29H41ClFN3O3. The molecule has 3 rings (SSSR count). The number of hydrogen-bond donors (Lipinski definition) is 2. The van der Waals surface area contributed by atoms with Crippen molar-refractivity contribution in [3.05, 3.63) is 70.6 Å². The molecule has 0 bridgehead atoms. The van der Waals surface area contributed by atoms with Crippen molar-refractivity contribution < 1.29 is 18.7 Å². The van der Waals surface area contributed by atoms with Gasteiger partial charge in [-0.25, -0.2) is 4.39 Å². The van der Waals surface area contributed by atoms with Gasteiger partial charge in [0.25, 0.3) is 0 Å². The number of hydrogen-bond acceptors (Lipinski definition) is 4. The number of nitrogens with zero attached hydrogens (tertiary/aromatic N) is 1. The van der Waals surface area contributed by atoms with Crippen molar-refractivity contribution >= 4 is 28.9 Å². The smallest absolute Gasteiger partial charge is 0.204 e. The summed E-state index contributed by atoms with van der Waals surface area (Å²) >= 11 is 5.99. The van der Waals surface area contributed by atoms with Crippen LogP contribution in [0.4, 0.5) is 4.39 Å². The highest BCUT2D eigenvalue weighted by Crippen LogP contribution is 2.23. The second-order valence-corrected chi connectivity index (χ2v) is 10.3. The van der Waals surface area contributed by atoms with Gasteiger partial charge in [0.15, 0.2) is 0 Å². The Kier molecular flexibility index (Phi) is 13.6. The molecule has 0 aliphatic carbocycles. The molecule has 3 aromatic rings. The number of nitrogens with one attached hydrogen (secondary N) is 1. The van der Waals surface area contributed by atoms with Gasteiger partial charge >= 0.3 is 0 Å². The highest BCUT2D eigenvalue weighted by atomic mass is 35.5. The number of halogens is 2. The zero-order chi connectivity index (χ0) is 27.1. The van der Waals surface area contributed by atoms with Crippen LogP contribution < -0.4 is 11.1 Å². The van der Waals surface area contributed by atoms with Crippen LogP contribution in [0.15, 0.2) is 48.7 Å². The van der Waals surface area contributed by atoms with Gasteiger partial charge in [-0.2, -0.15) is 0 Å². The molecule has 0 fully saturated rings. The van der Waals surface area contributed by atoms with Gasteiger partial charge in [-0.3, -0.25) is 4.79 Å². The lowest BCUT2D eigenvalue weighted by molar-refractivity contribution is -0.106. The first kappa shape index (κ1) is 30.8.